The molecule has 0 amide bonds. The Balaban J connectivity index is 3.81. The Hall–Kier alpha value is -0.650. The Bertz CT molecular complexity index is 160. The maximum atomic E-state index is 10.5. The Morgan fingerprint density at radius 1 is 1.54 bits per heavy atom. The van der Waals surface area contributed by atoms with Crippen LogP contribution in [-0.2, 0) is 9.68 Å². The largest absolute Gasteiger partial charge is 0.391 e. The molecule has 78 valence electrons. The summed E-state index contributed by atoms with van der Waals surface area (Å²) in [5.74, 6) is -0.512. The summed E-state index contributed by atoms with van der Waals surface area (Å²) < 4.78 is 0. The Morgan fingerprint density at radius 3 is 2.46 bits per heavy atom. The minimum Gasteiger partial charge on any atom is -0.391 e. The lowest BCUT2D eigenvalue weighted by atomic mass is 9.98. The van der Waals surface area contributed by atoms with E-state index in [-0.39, 0.29) is 6.42 Å². The van der Waals surface area contributed by atoms with Crippen LogP contribution in [0.4, 0.5) is 0 Å². The van der Waals surface area contributed by atoms with E-state index in [1.54, 1.807) is 0 Å². The molecule has 0 saturated carbocycles. The third-order valence-corrected chi connectivity index (χ3v) is 1.72. The summed E-state index contributed by atoms with van der Waals surface area (Å²) in [6.07, 6.45) is -0.605. The normalized spacial score (nSPS) is 15.5. The van der Waals surface area contributed by atoms with Crippen molar-refractivity contribution in [2.45, 2.75) is 38.8 Å². The van der Waals surface area contributed by atoms with Crippen LogP contribution in [0.3, 0.4) is 0 Å². The molecule has 5 nitrogen and oxygen atoms in total. The summed E-state index contributed by atoms with van der Waals surface area (Å²) in [6.45, 7) is 3.94. The van der Waals surface area contributed by atoms with Crippen LogP contribution < -0.4 is 5.73 Å². The van der Waals surface area contributed by atoms with E-state index in [1.165, 1.54) is 0 Å². The molecule has 5 heteroatoms. The zero-order valence-corrected chi connectivity index (χ0v) is 7.93. The number of aliphatic hydroxyl groups is 1. The van der Waals surface area contributed by atoms with Crippen molar-refractivity contribution in [1.82, 2.24) is 0 Å². The van der Waals surface area contributed by atoms with Gasteiger partial charge in [0.2, 0.25) is 0 Å². The average molecular weight is 191 g/mol. The van der Waals surface area contributed by atoms with Crippen LogP contribution in [0.1, 0.15) is 26.7 Å². The third-order valence-electron chi connectivity index (χ3n) is 1.72. The minimum absolute atomic E-state index is 0.273. The van der Waals surface area contributed by atoms with Gasteiger partial charge in [0.15, 0.2) is 0 Å². The number of nitrogens with two attached hydrogens (primary N) is 1. The highest BCUT2D eigenvalue weighted by Crippen LogP contribution is 2.08. The second-order valence-electron chi connectivity index (χ2n) is 3.53. The fraction of sp³-hybridized carbons (Fsp3) is 0.875. The van der Waals surface area contributed by atoms with Gasteiger partial charge in [0.25, 0.3) is 0 Å². The maximum Gasteiger partial charge on any atom is 0.344 e. The van der Waals surface area contributed by atoms with Crippen LogP contribution in [0.25, 0.3) is 0 Å². The molecule has 0 bridgehead atoms. The Morgan fingerprint density at radius 2 is 2.08 bits per heavy atom. The molecule has 0 heterocycles. The van der Waals surface area contributed by atoms with Crippen LogP contribution in [0.2, 0.25) is 0 Å². The second-order valence-corrected chi connectivity index (χ2v) is 3.53. The van der Waals surface area contributed by atoms with Crippen LogP contribution in [0, 0.1) is 5.92 Å². The molecule has 0 radical (unpaired) electrons. The molecule has 0 aliphatic heterocycles. The number of carbonyl (C=O) groups is 1. The lowest BCUT2D eigenvalue weighted by molar-refractivity contribution is -0.236. The van der Waals surface area contributed by atoms with Gasteiger partial charge in [-0.05, 0) is 12.3 Å². The Kier molecular flexibility index (Phi) is 5.61. The average Bonchev–Trinajstić information content (AvgIpc) is 2.02. The van der Waals surface area contributed by atoms with E-state index >= 15 is 0 Å². The number of rotatable bonds is 5. The molecular formula is C8H17NO4. The van der Waals surface area contributed by atoms with Crippen molar-refractivity contribution in [2.24, 2.45) is 11.7 Å². The van der Waals surface area contributed by atoms with E-state index in [4.69, 9.17) is 11.0 Å². The van der Waals surface area contributed by atoms with Crippen LogP contribution in [-0.4, -0.2) is 28.5 Å². The first-order chi connectivity index (χ1) is 5.97. The van der Waals surface area contributed by atoms with E-state index in [2.05, 4.69) is 4.89 Å². The molecule has 2 atom stereocenters. The van der Waals surface area contributed by atoms with Gasteiger partial charge in [-0.2, -0.15) is 5.26 Å². The number of aliphatic hydroxyl groups excluding tert-OH is 1. The monoisotopic (exact) mass is 191 g/mol. The van der Waals surface area contributed by atoms with Gasteiger partial charge in [-0.15, -0.1) is 0 Å². The van der Waals surface area contributed by atoms with E-state index in [0.717, 1.165) is 0 Å². The number of hydrogen-bond acceptors (Lipinski definition) is 5. The predicted molar refractivity (Wildman–Crippen MR) is 46.8 cm³/mol. The summed E-state index contributed by atoms with van der Waals surface area (Å²) in [7, 11) is 0. The fourth-order valence-electron chi connectivity index (χ4n) is 1.06. The molecule has 0 fully saturated rings. The van der Waals surface area contributed by atoms with Crippen LogP contribution in [0.15, 0.2) is 0 Å². The molecule has 0 saturated heterocycles. The molecule has 0 rings (SSSR count). The number of hydrogen-bond donors (Lipinski definition) is 3. The van der Waals surface area contributed by atoms with E-state index in [9.17, 15) is 9.90 Å². The molecule has 0 aliphatic rings. The topological polar surface area (TPSA) is 92.8 Å². The molecule has 0 aromatic rings. The summed E-state index contributed by atoms with van der Waals surface area (Å²) >= 11 is 0. The van der Waals surface area contributed by atoms with Crippen molar-refractivity contribution in [3.63, 3.8) is 0 Å². The van der Waals surface area contributed by atoms with Crippen LogP contribution in [0.5, 0.6) is 0 Å². The van der Waals surface area contributed by atoms with Gasteiger partial charge in [0.1, 0.15) is 0 Å². The van der Waals surface area contributed by atoms with Crippen molar-refractivity contribution < 1.29 is 20.0 Å². The van der Waals surface area contributed by atoms with E-state index in [0.29, 0.717) is 12.3 Å². The van der Waals surface area contributed by atoms with Crippen molar-refractivity contribution in [1.29, 1.82) is 0 Å². The zero-order chi connectivity index (χ0) is 10.4. The SMILES string of the molecule is CC(C)C[C@H](N)[C@@H](O)CC(=O)OO. The molecule has 0 aliphatic carbocycles. The summed E-state index contributed by atoms with van der Waals surface area (Å²) in [6, 6.07) is -0.459. The molecule has 4 N–H and O–H groups in total. The van der Waals surface area contributed by atoms with E-state index in [1.807, 2.05) is 13.8 Å². The molecule has 0 unspecified atom stereocenters. The maximum absolute atomic E-state index is 10.5. The van der Waals surface area contributed by atoms with Gasteiger partial charge in [-0.3, -0.25) is 0 Å². The molecule has 0 aromatic carbocycles. The summed E-state index contributed by atoms with van der Waals surface area (Å²) in [5, 5.41) is 17.3. The first-order valence-corrected chi connectivity index (χ1v) is 4.25. The smallest absolute Gasteiger partial charge is 0.344 e. The quantitative estimate of drug-likeness (QED) is 0.424. The van der Waals surface area contributed by atoms with Crippen molar-refractivity contribution in [2.75, 3.05) is 0 Å². The highest BCUT2D eigenvalue weighted by molar-refractivity contribution is 5.69. The van der Waals surface area contributed by atoms with Crippen molar-refractivity contribution in [3.05, 3.63) is 0 Å². The standard InChI is InChI=1S/C8H17NO4/c1-5(2)3-6(9)7(10)4-8(11)13-12/h5-7,10,12H,3-4,9H2,1-2H3/t6-,7-/m0/s1. The third kappa shape index (κ3) is 5.57. The number of carbonyl (C=O) groups excluding carboxylic acids is 1. The first-order valence-electron chi connectivity index (χ1n) is 4.25. The van der Waals surface area contributed by atoms with Crippen molar-refractivity contribution >= 4 is 5.97 Å². The van der Waals surface area contributed by atoms with Gasteiger partial charge in [0, 0.05) is 6.04 Å². The fourth-order valence-corrected chi connectivity index (χ4v) is 1.06. The molecule has 13 heavy (non-hydrogen) atoms. The van der Waals surface area contributed by atoms with Gasteiger partial charge in [0.05, 0.1) is 12.5 Å². The van der Waals surface area contributed by atoms with Gasteiger partial charge in [-0.1, -0.05) is 13.8 Å². The zero-order valence-electron chi connectivity index (χ0n) is 7.93. The Labute approximate surface area is 77.4 Å². The lowest BCUT2D eigenvalue weighted by Crippen LogP contribution is -2.37. The summed E-state index contributed by atoms with van der Waals surface area (Å²) in [4.78, 5) is 13.9. The summed E-state index contributed by atoms with van der Waals surface area (Å²) in [5.41, 5.74) is 5.58. The van der Waals surface area contributed by atoms with Gasteiger partial charge in [-0.25, -0.2) is 4.79 Å². The second kappa shape index (κ2) is 5.90. The molecular weight excluding hydrogens is 174 g/mol. The predicted octanol–water partition coefficient (Wildman–Crippen LogP) is 0.127. The van der Waals surface area contributed by atoms with Crippen LogP contribution >= 0.6 is 0 Å². The van der Waals surface area contributed by atoms with Gasteiger partial charge >= 0.3 is 5.97 Å². The first kappa shape index (κ1) is 12.3. The van der Waals surface area contributed by atoms with Crippen molar-refractivity contribution in [3.8, 4) is 0 Å². The molecule has 0 spiro atoms. The highest BCUT2D eigenvalue weighted by atomic mass is 17.1. The molecule has 0 aromatic heterocycles. The van der Waals surface area contributed by atoms with Gasteiger partial charge < -0.3 is 15.7 Å². The highest BCUT2D eigenvalue weighted by Gasteiger charge is 2.20. The minimum atomic E-state index is -0.956. The van der Waals surface area contributed by atoms with E-state index < -0.39 is 18.1 Å². The lowest BCUT2D eigenvalue weighted by Gasteiger charge is -2.18.